The highest BCUT2D eigenvalue weighted by atomic mass is 14.7. The Hall–Kier alpha value is -0.660. The first-order chi connectivity index (χ1) is 4.41. The van der Waals surface area contributed by atoms with Crippen molar-refractivity contribution in [2.75, 3.05) is 13.6 Å². The topological polar surface area (TPSA) is 24.7 Å². The molecule has 0 saturated carbocycles. The van der Waals surface area contributed by atoms with Gasteiger partial charge in [-0.3, -0.25) is 9.98 Å². The Morgan fingerprint density at radius 1 is 1.22 bits per heavy atom. The van der Waals surface area contributed by atoms with Crippen molar-refractivity contribution in [1.29, 1.82) is 0 Å². The maximum atomic E-state index is 3.89. The van der Waals surface area contributed by atoms with E-state index in [2.05, 4.69) is 9.98 Å². The summed E-state index contributed by atoms with van der Waals surface area (Å²) in [5, 5.41) is 0. The molecule has 0 rings (SSSR count). The van der Waals surface area contributed by atoms with E-state index < -0.39 is 0 Å². The molecule has 0 radical (unpaired) electrons. The Labute approximate surface area is 57.7 Å². The molecule has 0 fully saturated rings. The van der Waals surface area contributed by atoms with Gasteiger partial charge in [0.05, 0.1) is 0 Å². The van der Waals surface area contributed by atoms with Crippen molar-refractivity contribution >= 4 is 12.4 Å². The summed E-state index contributed by atoms with van der Waals surface area (Å²) in [6.45, 7) is 6.83. The second-order valence-electron chi connectivity index (χ2n) is 1.06. The molecule has 0 bridgehead atoms. The number of rotatable bonds is 2. The third-order valence-corrected chi connectivity index (χ3v) is 0.504. The number of hydrogen-bond donors (Lipinski definition) is 0. The van der Waals surface area contributed by atoms with E-state index in [1.54, 1.807) is 19.5 Å². The van der Waals surface area contributed by atoms with E-state index in [0.717, 1.165) is 6.54 Å². The van der Waals surface area contributed by atoms with Crippen molar-refractivity contribution in [3.63, 3.8) is 0 Å². The molecule has 0 aromatic rings. The third-order valence-electron chi connectivity index (χ3n) is 0.504. The van der Waals surface area contributed by atoms with Gasteiger partial charge < -0.3 is 0 Å². The van der Waals surface area contributed by atoms with Gasteiger partial charge in [-0.15, -0.1) is 0 Å². The molecule has 9 heavy (non-hydrogen) atoms. The molecule has 0 aromatic heterocycles. The molecule has 0 N–H and O–H groups in total. The summed E-state index contributed by atoms with van der Waals surface area (Å²) in [7, 11) is 1.72. The SMILES string of the molecule is CC.CCN=CC=NC. The van der Waals surface area contributed by atoms with Crippen LogP contribution in [-0.4, -0.2) is 26.0 Å². The lowest BCUT2D eigenvalue weighted by atomic mass is 10.7. The molecule has 0 aliphatic rings. The van der Waals surface area contributed by atoms with E-state index in [0.29, 0.717) is 0 Å². The maximum absolute atomic E-state index is 3.89. The average molecular weight is 128 g/mol. The largest absolute Gasteiger partial charge is 0.295 e. The van der Waals surface area contributed by atoms with Crippen LogP contribution in [0.25, 0.3) is 0 Å². The zero-order valence-corrected chi connectivity index (χ0v) is 6.76. The van der Waals surface area contributed by atoms with E-state index in [9.17, 15) is 0 Å². The molecule has 0 aliphatic heterocycles. The molecule has 0 aliphatic carbocycles. The Morgan fingerprint density at radius 2 is 1.78 bits per heavy atom. The van der Waals surface area contributed by atoms with Crippen LogP contribution in [0.15, 0.2) is 9.98 Å². The van der Waals surface area contributed by atoms with Crippen LogP contribution >= 0.6 is 0 Å². The highest BCUT2D eigenvalue weighted by Gasteiger charge is 1.58. The minimum absolute atomic E-state index is 0.839. The number of nitrogens with zero attached hydrogens (tertiary/aromatic N) is 2. The number of aliphatic imine (C=N–C) groups is 2. The van der Waals surface area contributed by atoms with Gasteiger partial charge in [0.2, 0.25) is 0 Å². The fraction of sp³-hybridized carbons (Fsp3) is 0.714. The first-order valence-corrected chi connectivity index (χ1v) is 3.32. The van der Waals surface area contributed by atoms with Crippen molar-refractivity contribution in [3.8, 4) is 0 Å². The summed E-state index contributed by atoms with van der Waals surface area (Å²) in [6, 6.07) is 0. The third kappa shape index (κ3) is 18.8. The van der Waals surface area contributed by atoms with Crippen LogP contribution in [0.2, 0.25) is 0 Å². The Balaban J connectivity index is 0. The second-order valence-corrected chi connectivity index (χ2v) is 1.06. The molecule has 0 spiro atoms. The molecule has 0 heterocycles. The van der Waals surface area contributed by atoms with Crippen molar-refractivity contribution in [1.82, 2.24) is 0 Å². The molecule has 2 nitrogen and oxygen atoms in total. The minimum Gasteiger partial charge on any atom is -0.295 e. The molecule has 0 aromatic carbocycles. The van der Waals surface area contributed by atoms with Crippen LogP contribution in [0.4, 0.5) is 0 Å². The summed E-state index contributed by atoms with van der Waals surface area (Å²) in [5.41, 5.74) is 0. The van der Waals surface area contributed by atoms with E-state index in [-0.39, 0.29) is 0 Å². The average Bonchev–Trinajstić information content (AvgIpc) is 1.94. The van der Waals surface area contributed by atoms with Gasteiger partial charge in [0.15, 0.2) is 0 Å². The highest BCUT2D eigenvalue weighted by Crippen LogP contribution is 1.58. The lowest BCUT2D eigenvalue weighted by Gasteiger charge is -1.72. The van der Waals surface area contributed by atoms with Crippen molar-refractivity contribution in [2.45, 2.75) is 20.8 Å². The number of hydrogen-bond acceptors (Lipinski definition) is 2. The van der Waals surface area contributed by atoms with Crippen molar-refractivity contribution < 1.29 is 0 Å². The maximum Gasteiger partial charge on any atom is 0.0390 e. The fourth-order valence-corrected chi connectivity index (χ4v) is 0.219. The van der Waals surface area contributed by atoms with Crippen molar-refractivity contribution in [3.05, 3.63) is 0 Å². The van der Waals surface area contributed by atoms with E-state index in [4.69, 9.17) is 0 Å². The van der Waals surface area contributed by atoms with Gasteiger partial charge in [-0.1, -0.05) is 13.8 Å². The van der Waals surface area contributed by atoms with Crippen LogP contribution in [0.1, 0.15) is 20.8 Å². The summed E-state index contributed by atoms with van der Waals surface area (Å²) >= 11 is 0. The summed E-state index contributed by atoms with van der Waals surface area (Å²) in [6.07, 6.45) is 3.36. The predicted octanol–water partition coefficient (Wildman–Crippen LogP) is 1.80. The van der Waals surface area contributed by atoms with Crippen LogP contribution < -0.4 is 0 Å². The summed E-state index contributed by atoms with van der Waals surface area (Å²) in [4.78, 5) is 7.59. The Morgan fingerprint density at radius 3 is 2.11 bits per heavy atom. The first-order valence-electron chi connectivity index (χ1n) is 3.32. The molecule has 0 saturated heterocycles. The summed E-state index contributed by atoms with van der Waals surface area (Å²) in [5.74, 6) is 0. The zero-order valence-electron chi connectivity index (χ0n) is 6.76. The molecule has 0 atom stereocenters. The van der Waals surface area contributed by atoms with Crippen LogP contribution in [-0.2, 0) is 0 Å². The standard InChI is InChI=1S/C5H10N2.C2H6/c1-3-7-5-4-6-2;1-2/h4-5H,3H2,1-2H3;1-2H3. The summed E-state index contributed by atoms with van der Waals surface area (Å²) < 4.78 is 0. The molecular weight excluding hydrogens is 112 g/mol. The van der Waals surface area contributed by atoms with Crippen LogP contribution in [0.5, 0.6) is 0 Å². The van der Waals surface area contributed by atoms with Crippen LogP contribution in [0, 0.1) is 0 Å². The predicted molar refractivity (Wildman–Crippen MR) is 44.8 cm³/mol. The fourth-order valence-electron chi connectivity index (χ4n) is 0.219. The van der Waals surface area contributed by atoms with Crippen molar-refractivity contribution in [2.24, 2.45) is 9.98 Å². The molecule has 0 amide bonds. The Kier molecular flexibility index (Phi) is 19.5. The molecule has 2 heteroatoms. The molecule has 54 valence electrons. The van der Waals surface area contributed by atoms with Gasteiger partial charge in [-0.05, 0) is 6.92 Å². The van der Waals surface area contributed by atoms with Gasteiger partial charge in [-0.2, -0.15) is 0 Å². The van der Waals surface area contributed by atoms with Gasteiger partial charge in [0, 0.05) is 26.0 Å². The van der Waals surface area contributed by atoms with Crippen LogP contribution in [0.3, 0.4) is 0 Å². The molecular formula is C7H16N2. The van der Waals surface area contributed by atoms with Gasteiger partial charge in [0.25, 0.3) is 0 Å². The monoisotopic (exact) mass is 128 g/mol. The van der Waals surface area contributed by atoms with Gasteiger partial charge in [-0.25, -0.2) is 0 Å². The zero-order chi connectivity index (χ0) is 7.54. The highest BCUT2D eigenvalue weighted by molar-refractivity contribution is 6.15. The lowest BCUT2D eigenvalue weighted by Crippen LogP contribution is -1.74. The van der Waals surface area contributed by atoms with E-state index in [1.807, 2.05) is 20.8 Å². The minimum atomic E-state index is 0.839. The lowest BCUT2D eigenvalue weighted by molar-refractivity contribution is 1.14. The normalized spacial score (nSPS) is 9.78. The quantitative estimate of drug-likeness (QED) is 0.507. The smallest absolute Gasteiger partial charge is 0.0390 e. The van der Waals surface area contributed by atoms with Gasteiger partial charge >= 0.3 is 0 Å². The molecule has 0 unspecified atom stereocenters. The van der Waals surface area contributed by atoms with Gasteiger partial charge in [0.1, 0.15) is 0 Å². The van der Waals surface area contributed by atoms with E-state index >= 15 is 0 Å². The second kappa shape index (κ2) is 15.7. The Bertz CT molecular complexity index is 75.0. The van der Waals surface area contributed by atoms with E-state index in [1.165, 1.54) is 0 Å². The first kappa shape index (κ1) is 11.2.